The largest absolute Gasteiger partial charge is 0.466 e. The van der Waals surface area contributed by atoms with Crippen molar-refractivity contribution in [3.05, 3.63) is 12.4 Å². The summed E-state index contributed by atoms with van der Waals surface area (Å²) in [6.45, 7) is 0.638. The zero-order valence-corrected chi connectivity index (χ0v) is 9.48. The lowest BCUT2D eigenvalue weighted by Gasteiger charge is -1.93. The quantitative estimate of drug-likeness (QED) is 0.554. The number of rotatable bonds is 1. The maximum atomic E-state index is 10.4. The lowest BCUT2D eigenvalue weighted by Crippen LogP contribution is -2.05. The Morgan fingerprint density at radius 1 is 1.56 bits per heavy atom. The molecule has 16 heavy (non-hydrogen) atoms. The number of carbonyl (C=O) groups is 1. The third-order valence-electron chi connectivity index (χ3n) is 1.80. The number of aryl methyl sites for hydroxylation is 1. The summed E-state index contributed by atoms with van der Waals surface area (Å²) >= 11 is 0. The second kappa shape index (κ2) is 5.08. The van der Waals surface area contributed by atoms with Crippen LogP contribution in [-0.4, -0.2) is 35.1 Å². The minimum atomic E-state index is -4.14. The Labute approximate surface area is 92.8 Å². The van der Waals surface area contributed by atoms with E-state index in [4.69, 9.17) is 4.55 Å². The molecule has 90 valence electrons. The van der Waals surface area contributed by atoms with Crippen LogP contribution in [0, 0.1) is 0 Å². The van der Waals surface area contributed by atoms with Crippen molar-refractivity contribution < 1.29 is 22.5 Å². The molecule has 1 fully saturated rings. The predicted molar refractivity (Wildman–Crippen MR) is 53.2 cm³/mol. The van der Waals surface area contributed by atoms with Crippen LogP contribution in [0.1, 0.15) is 12.8 Å². The van der Waals surface area contributed by atoms with Gasteiger partial charge in [-0.25, -0.2) is 4.98 Å². The third kappa shape index (κ3) is 3.63. The highest BCUT2D eigenvalue weighted by molar-refractivity contribution is 7.85. The smallest absolute Gasteiger partial charge is 0.328 e. The van der Waals surface area contributed by atoms with Gasteiger partial charge in [0, 0.05) is 25.9 Å². The molecule has 2 rings (SSSR count). The zero-order valence-electron chi connectivity index (χ0n) is 8.66. The summed E-state index contributed by atoms with van der Waals surface area (Å²) in [4.78, 5) is 13.4. The van der Waals surface area contributed by atoms with Crippen molar-refractivity contribution in [3.63, 3.8) is 0 Å². The summed E-state index contributed by atoms with van der Waals surface area (Å²) < 4.78 is 35.0. The Balaban J connectivity index is 0.000000181. The lowest BCUT2D eigenvalue weighted by molar-refractivity contribution is -0.137. The minimum Gasteiger partial charge on any atom is -0.466 e. The average molecular weight is 248 g/mol. The highest BCUT2D eigenvalue weighted by Crippen LogP contribution is 2.01. The molecule has 0 bridgehead atoms. The van der Waals surface area contributed by atoms with E-state index in [9.17, 15) is 13.2 Å². The molecule has 1 aliphatic rings. The minimum absolute atomic E-state index is 0.0463. The van der Waals surface area contributed by atoms with Crippen LogP contribution in [0.3, 0.4) is 0 Å². The van der Waals surface area contributed by atoms with E-state index >= 15 is 0 Å². The van der Waals surface area contributed by atoms with Crippen molar-refractivity contribution in [1.29, 1.82) is 0 Å². The van der Waals surface area contributed by atoms with Gasteiger partial charge in [0.2, 0.25) is 0 Å². The molecule has 1 aliphatic heterocycles. The standard InChI is InChI=1S/C4H6N2O3S.C4H6O2/c1-6-3-2-5-4(6)10(7,8)9;5-4-2-1-3-6-4/h2-3H,1H3,(H,7,8,9);1-3H2. The molecular weight excluding hydrogens is 236 g/mol. The number of esters is 1. The van der Waals surface area contributed by atoms with E-state index in [-0.39, 0.29) is 11.1 Å². The highest BCUT2D eigenvalue weighted by Gasteiger charge is 2.13. The molecule has 1 aromatic rings. The molecule has 0 spiro atoms. The van der Waals surface area contributed by atoms with E-state index in [0.29, 0.717) is 13.0 Å². The normalized spacial score (nSPS) is 15.2. The number of hydrogen-bond acceptors (Lipinski definition) is 5. The van der Waals surface area contributed by atoms with E-state index in [2.05, 4.69) is 9.72 Å². The Morgan fingerprint density at radius 3 is 2.44 bits per heavy atom. The SMILES string of the molecule is Cn1ccnc1S(=O)(=O)O.O=C1CCCO1. The second-order valence-electron chi connectivity index (χ2n) is 3.12. The molecule has 8 heteroatoms. The van der Waals surface area contributed by atoms with Gasteiger partial charge in [0.05, 0.1) is 6.61 Å². The molecule has 0 aliphatic carbocycles. The van der Waals surface area contributed by atoms with E-state index in [1.165, 1.54) is 24.0 Å². The number of imidazole rings is 1. The Morgan fingerprint density at radius 2 is 2.25 bits per heavy atom. The Kier molecular flexibility index (Phi) is 4.02. The van der Waals surface area contributed by atoms with Crippen LogP contribution in [0.5, 0.6) is 0 Å². The second-order valence-corrected chi connectivity index (χ2v) is 4.44. The predicted octanol–water partition coefficient (Wildman–Crippen LogP) is -0.00980. The summed E-state index contributed by atoms with van der Waals surface area (Å²) in [5, 5.41) is -0.340. The Bertz CT molecular complexity index is 457. The van der Waals surface area contributed by atoms with Crippen LogP contribution < -0.4 is 0 Å². The molecule has 1 saturated heterocycles. The van der Waals surface area contributed by atoms with Gasteiger partial charge < -0.3 is 9.30 Å². The number of ether oxygens (including phenoxy) is 1. The zero-order chi connectivity index (χ0) is 12.2. The van der Waals surface area contributed by atoms with Crippen LogP contribution in [0.2, 0.25) is 0 Å². The fourth-order valence-electron chi connectivity index (χ4n) is 1.08. The number of carbonyl (C=O) groups excluding carboxylic acids is 1. The van der Waals surface area contributed by atoms with Crippen molar-refractivity contribution in [2.45, 2.75) is 18.0 Å². The lowest BCUT2D eigenvalue weighted by atomic mass is 10.4. The number of hydrogen-bond donors (Lipinski definition) is 1. The summed E-state index contributed by atoms with van der Waals surface area (Å²) in [6, 6.07) is 0. The molecule has 0 radical (unpaired) electrons. The van der Waals surface area contributed by atoms with Crippen molar-refractivity contribution in [1.82, 2.24) is 9.55 Å². The molecule has 0 aromatic carbocycles. The van der Waals surface area contributed by atoms with Crippen LogP contribution in [0.25, 0.3) is 0 Å². The average Bonchev–Trinajstić information content (AvgIpc) is 2.75. The molecule has 7 nitrogen and oxygen atoms in total. The molecule has 0 unspecified atom stereocenters. The molecule has 0 saturated carbocycles. The van der Waals surface area contributed by atoms with Gasteiger partial charge in [-0.05, 0) is 6.42 Å². The van der Waals surface area contributed by atoms with Gasteiger partial charge in [-0.1, -0.05) is 0 Å². The van der Waals surface area contributed by atoms with Crippen LogP contribution in [-0.2, 0) is 26.7 Å². The van der Waals surface area contributed by atoms with E-state index in [1.807, 2.05) is 0 Å². The molecule has 0 atom stereocenters. The van der Waals surface area contributed by atoms with Gasteiger partial charge in [0.25, 0.3) is 5.16 Å². The first-order valence-electron chi connectivity index (χ1n) is 4.51. The first kappa shape index (κ1) is 12.7. The van der Waals surface area contributed by atoms with E-state index in [1.54, 1.807) is 0 Å². The highest BCUT2D eigenvalue weighted by atomic mass is 32.2. The summed E-state index contributed by atoms with van der Waals surface area (Å²) in [7, 11) is -2.66. The monoisotopic (exact) mass is 248 g/mol. The van der Waals surface area contributed by atoms with Gasteiger partial charge >= 0.3 is 16.1 Å². The first-order valence-corrected chi connectivity index (χ1v) is 5.95. The van der Waals surface area contributed by atoms with Crippen molar-refractivity contribution in [2.24, 2.45) is 7.05 Å². The molecular formula is C8H12N2O5S. The van der Waals surface area contributed by atoms with Gasteiger partial charge in [0.1, 0.15) is 0 Å². The van der Waals surface area contributed by atoms with Crippen molar-refractivity contribution in [2.75, 3.05) is 6.61 Å². The molecule has 2 heterocycles. The fourth-order valence-corrected chi connectivity index (χ4v) is 1.69. The van der Waals surface area contributed by atoms with E-state index in [0.717, 1.165) is 6.42 Å². The number of aromatic nitrogens is 2. The summed E-state index contributed by atoms with van der Waals surface area (Å²) in [5.74, 6) is -0.0463. The Hall–Kier alpha value is -1.41. The van der Waals surface area contributed by atoms with Gasteiger partial charge in [-0.15, -0.1) is 0 Å². The van der Waals surface area contributed by atoms with Crippen molar-refractivity contribution >= 4 is 16.1 Å². The summed E-state index contributed by atoms with van der Waals surface area (Å²) in [5.41, 5.74) is 0. The number of cyclic esters (lactones) is 1. The maximum absolute atomic E-state index is 10.4. The topological polar surface area (TPSA) is 98.5 Å². The fraction of sp³-hybridized carbons (Fsp3) is 0.500. The van der Waals surface area contributed by atoms with Gasteiger partial charge in [-0.3, -0.25) is 9.35 Å². The maximum Gasteiger partial charge on any atom is 0.328 e. The van der Waals surface area contributed by atoms with Gasteiger partial charge in [0.15, 0.2) is 0 Å². The third-order valence-corrected chi connectivity index (χ3v) is 2.65. The molecule has 1 N–H and O–H groups in total. The van der Waals surface area contributed by atoms with Gasteiger partial charge in [-0.2, -0.15) is 8.42 Å². The molecule has 1 aromatic heterocycles. The van der Waals surface area contributed by atoms with Crippen LogP contribution in [0.15, 0.2) is 17.6 Å². The number of nitrogens with zero attached hydrogens (tertiary/aromatic N) is 2. The molecule has 0 amide bonds. The van der Waals surface area contributed by atoms with Crippen molar-refractivity contribution in [3.8, 4) is 0 Å². The van der Waals surface area contributed by atoms with Crippen LogP contribution in [0.4, 0.5) is 0 Å². The first-order chi connectivity index (χ1) is 7.41. The van der Waals surface area contributed by atoms with E-state index < -0.39 is 10.1 Å². The summed E-state index contributed by atoms with van der Waals surface area (Å²) in [6.07, 6.45) is 4.27. The van der Waals surface area contributed by atoms with Crippen LogP contribution >= 0.6 is 0 Å².